The van der Waals surface area contributed by atoms with Crippen molar-refractivity contribution in [3.63, 3.8) is 0 Å². The molecule has 0 amide bonds. The third-order valence-electron chi connectivity index (χ3n) is 2.87. The van der Waals surface area contributed by atoms with Gasteiger partial charge in [0.05, 0.1) is 17.4 Å². The lowest BCUT2D eigenvalue weighted by molar-refractivity contribution is 0.597. The van der Waals surface area contributed by atoms with Gasteiger partial charge in [-0.15, -0.1) is 11.6 Å². The number of halogens is 1. The summed E-state index contributed by atoms with van der Waals surface area (Å²) in [7, 11) is -2.88. The molecule has 0 atom stereocenters. The largest absolute Gasteiger partial charge is 0.355 e. The highest BCUT2D eigenvalue weighted by molar-refractivity contribution is 7.91. The summed E-state index contributed by atoms with van der Waals surface area (Å²) in [5, 5.41) is 0. The van der Waals surface area contributed by atoms with E-state index in [2.05, 4.69) is 4.98 Å². The molecule has 0 saturated carbocycles. The molecule has 2 rings (SSSR count). The Kier molecular flexibility index (Phi) is 3.89. The number of aromatic nitrogens is 1. The van der Waals surface area contributed by atoms with Crippen molar-refractivity contribution in [3.8, 4) is 0 Å². The van der Waals surface area contributed by atoms with Crippen LogP contribution in [-0.2, 0) is 15.7 Å². The molecule has 1 aliphatic rings. The van der Waals surface area contributed by atoms with Crippen molar-refractivity contribution in [2.24, 2.45) is 0 Å². The van der Waals surface area contributed by atoms with Gasteiger partial charge in [-0.3, -0.25) is 0 Å². The predicted octanol–water partition coefficient (Wildman–Crippen LogP) is 1.45. The Bertz CT molecular complexity index is 490. The molecule has 0 radical (unpaired) electrons. The molecule has 94 valence electrons. The minimum Gasteiger partial charge on any atom is -0.355 e. The van der Waals surface area contributed by atoms with Crippen molar-refractivity contribution in [1.29, 1.82) is 0 Å². The Morgan fingerprint density at radius 2 is 2.18 bits per heavy atom. The zero-order chi connectivity index (χ0) is 12.3. The van der Waals surface area contributed by atoms with E-state index in [9.17, 15) is 8.42 Å². The lowest BCUT2D eigenvalue weighted by Crippen LogP contribution is -2.28. The average Bonchev–Trinajstić information content (AvgIpc) is 2.50. The SMILES string of the molecule is O=S1(=O)CCCN(c2ncccc2CCl)CC1. The second kappa shape index (κ2) is 5.23. The van der Waals surface area contributed by atoms with Gasteiger partial charge in [-0.05, 0) is 12.5 Å². The van der Waals surface area contributed by atoms with Crippen molar-refractivity contribution >= 4 is 27.3 Å². The lowest BCUT2D eigenvalue weighted by Gasteiger charge is -2.22. The van der Waals surface area contributed by atoms with Crippen molar-refractivity contribution in [2.75, 3.05) is 29.5 Å². The third kappa shape index (κ3) is 3.10. The van der Waals surface area contributed by atoms with Crippen molar-refractivity contribution < 1.29 is 8.42 Å². The third-order valence-corrected chi connectivity index (χ3v) is 4.87. The molecule has 0 unspecified atom stereocenters. The molecule has 6 heteroatoms. The van der Waals surface area contributed by atoms with Gasteiger partial charge in [0, 0.05) is 24.8 Å². The van der Waals surface area contributed by atoms with Gasteiger partial charge < -0.3 is 4.90 Å². The number of pyridine rings is 1. The van der Waals surface area contributed by atoms with Crippen LogP contribution >= 0.6 is 11.6 Å². The minimum atomic E-state index is -2.88. The second-order valence-corrected chi connectivity index (χ2v) is 6.68. The summed E-state index contributed by atoms with van der Waals surface area (Å²) >= 11 is 5.86. The van der Waals surface area contributed by atoms with Gasteiger partial charge in [0.25, 0.3) is 0 Å². The molecule has 0 aromatic carbocycles. The fourth-order valence-electron chi connectivity index (χ4n) is 1.97. The summed E-state index contributed by atoms with van der Waals surface area (Å²) in [6.07, 6.45) is 2.37. The summed E-state index contributed by atoms with van der Waals surface area (Å²) in [6.45, 7) is 1.23. The topological polar surface area (TPSA) is 50.3 Å². The monoisotopic (exact) mass is 274 g/mol. The first-order chi connectivity index (χ1) is 8.12. The zero-order valence-corrected chi connectivity index (χ0v) is 11.0. The van der Waals surface area contributed by atoms with Crippen LogP contribution in [0.5, 0.6) is 0 Å². The quantitative estimate of drug-likeness (QED) is 0.766. The Balaban J connectivity index is 2.22. The summed E-state index contributed by atoms with van der Waals surface area (Å²) in [5.74, 6) is 1.68. The van der Waals surface area contributed by atoms with Gasteiger partial charge in [-0.2, -0.15) is 0 Å². The highest BCUT2D eigenvalue weighted by atomic mass is 35.5. The van der Waals surface area contributed by atoms with Crippen LogP contribution in [0.25, 0.3) is 0 Å². The molecular weight excluding hydrogens is 260 g/mol. The summed E-state index contributed by atoms with van der Waals surface area (Å²) in [5.41, 5.74) is 0.952. The van der Waals surface area contributed by atoms with Gasteiger partial charge in [0.2, 0.25) is 0 Å². The van der Waals surface area contributed by atoms with Gasteiger partial charge in [-0.1, -0.05) is 6.07 Å². The van der Waals surface area contributed by atoms with E-state index in [1.54, 1.807) is 6.20 Å². The van der Waals surface area contributed by atoms with E-state index in [4.69, 9.17) is 11.6 Å². The molecule has 1 saturated heterocycles. The molecule has 0 spiro atoms. The van der Waals surface area contributed by atoms with Gasteiger partial charge >= 0.3 is 0 Å². The maximum atomic E-state index is 11.5. The van der Waals surface area contributed by atoms with Crippen LogP contribution in [0.2, 0.25) is 0 Å². The highest BCUT2D eigenvalue weighted by Crippen LogP contribution is 2.20. The molecule has 17 heavy (non-hydrogen) atoms. The summed E-state index contributed by atoms with van der Waals surface area (Å²) in [4.78, 5) is 6.33. The first-order valence-corrected chi connectivity index (χ1v) is 7.93. The number of hydrogen-bond acceptors (Lipinski definition) is 4. The van der Waals surface area contributed by atoms with Crippen molar-refractivity contribution in [1.82, 2.24) is 4.98 Å². The number of anilines is 1. The Morgan fingerprint density at radius 1 is 1.35 bits per heavy atom. The van der Waals surface area contributed by atoms with E-state index in [1.807, 2.05) is 17.0 Å². The fourth-order valence-corrected chi connectivity index (χ4v) is 3.45. The van der Waals surface area contributed by atoms with Crippen LogP contribution in [0, 0.1) is 0 Å². The molecule has 1 aromatic rings. The molecular formula is C11H15ClN2O2S. The number of nitrogens with zero attached hydrogens (tertiary/aromatic N) is 2. The van der Waals surface area contributed by atoms with Crippen molar-refractivity contribution in [2.45, 2.75) is 12.3 Å². The standard InChI is InChI=1S/C11H15ClN2O2S/c12-9-10-3-1-4-13-11(10)14-5-2-7-17(15,16)8-6-14/h1,3-4H,2,5-9H2. The number of hydrogen-bond donors (Lipinski definition) is 0. The van der Waals surface area contributed by atoms with Crippen LogP contribution in [0.15, 0.2) is 18.3 Å². The zero-order valence-electron chi connectivity index (χ0n) is 9.47. The Morgan fingerprint density at radius 3 is 2.94 bits per heavy atom. The van der Waals surface area contributed by atoms with Crippen LogP contribution in [0.4, 0.5) is 5.82 Å². The molecule has 0 bridgehead atoms. The first kappa shape index (κ1) is 12.6. The maximum absolute atomic E-state index is 11.5. The van der Waals surface area contributed by atoms with Gasteiger partial charge in [0.1, 0.15) is 5.82 Å². The molecule has 0 N–H and O–H groups in total. The van der Waals surface area contributed by atoms with E-state index < -0.39 is 9.84 Å². The summed E-state index contributed by atoms with van der Waals surface area (Å²) in [6, 6.07) is 3.77. The van der Waals surface area contributed by atoms with Crippen LogP contribution in [0.1, 0.15) is 12.0 Å². The average molecular weight is 275 g/mol. The molecule has 2 heterocycles. The predicted molar refractivity (Wildman–Crippen MR) is 69.3 cm³/mol. The van der Waals surface area contributed by atoms with E-state index >= 15 is 0 Å². The minimum absolute atomic E-state index is 0.200. The maximum Gasteiger partial charge on any atom is 0.152 e. The van der Waals surface area contributed by atoms with Gasteiger partial charge in [-0.25, -0.2) is 13.4 Å². The van der Waals surface area contributed by atoms with Crippen LogP contribution < -0.4 is 4.90 Å². The van der Waals surface area contributed by atoms with Crippen LogP contribution in [0.3, 0.4) is 0 Å². The highest BCUT2D eigenvalue weighted by Gasteiger charge is 2.21. The normalized spacial score (nSPS) is 19.9. The van der Waals surface area contributed by atoms with E-state index in [0.29, 0.717) is 18.8 Å². The lowest BCUT2D eigenvalue weighted by atomic mass is 10.2. The fraction of sp³-hybridized carbons (Fsp3) is 0.545. The van der Waals surface area contributed by atoms with E-state index in [-0.39, 0.29) is 11.5 Å². The van der Waals surface area contributed by atoms with Crippen LogP contribution in [-0.4, -0.2) is 38.0 Å². The molecule has 1 fully saturated rings. The van der Waals surface area contributed by atoms with Crippen molar-refractivity contribution in [3.05, 3.63) is 23.9 Å². The Labute approximate surface area is 107 Å². The van der Waals surface area contributed by atoms with E-state index in [0.717, 1.165) is 17.9 Å². The molecule has 1 aromatic heterocycles. The molecule has 0 aliphatic carbocycles. The number of alkyl halides is 1. The summed E-state index contributed by atoms with van der Waals surface area (Å²) < 4.78 is 23.1. The van der Waals surface area contributed by atoms with E-state index in [1.165, 1.54) is 0 Å². The molecule has 4 nitrogen and oxygen atoms in total. The number of sulfone groups is 1. The second-order valence-electron chi connectivity index (χ2n) is 4.11. The van der Waals surface area contributed by atoms with Gasteiger partial charge in [0.15, 0.2) is 9.84 Å². The number of rotatable bonds is 2. The Hall–Kier alpha value is -0.810. The smallest absolute Gasteiger partial charge is 0.152 e. The molecule has 1 aliphatic heterocycles. The first-order valence-electron chi connectivity index (χ1n) is 5.57.